The molecule has 1 N–H and O–H groups in total. The predicted octanol–water partition coefficient (Wildman–Crippen LogP) is 5.65. The van der Waals surface area contributed by atoms with E-state index >= 15 is 0 Å². The molecule has 5 nitrogen and oxygen atoms in total. The topological polar surface area (TPSA) is 58.6 Å². The fourth-order valence-electron chi connectivity index (χ4n) is 3.23. The lowest BCUT2D eigenvalue weighted by atomic mass is 10.2. The number of ether oxygens (including phenoxy) is 1. The molecular formula is C24H19ClN2O3S. The number of rotatable bonds is 6. The molecule has 0 unspecified atom stereocenters. The zero-order chi connectivity index (χ0) is 22.0. The molecule has 1 aliphatic rings. The summed E-state index contributed by atoms with van der Waals surface area (Å²) in [6.45, 7) is 1.82. The average molecular weight is 451 g/mol. The SMILES string of the molecule is COc1ccc(NC2=C(Sc3ccccc3)C(=O)N(c3ccc(Cl)cc3C)C2=O)cc1. The average Bonchev–Trinajstić information content (AvgIpc) is 2.99. The Morgan fingerprint density at radius 3 is 2.29 bits per heavy atom. The molecule has 0 spiro atoms. The lowest BCUT2D eigenvalue weighted by molar-refractivity contribution is -0.120. The largest absolute Gasteiger partial charge is 0.497 e. The van der Waals surface area contributed by atoms with E-state index in [-0.39, 0.29) is 11.6 Å². The van der Waals surface area contributed by atoms with Gasteiger partial charge in [0.2, 0.25) is 0 Å². The number of amides is 2. The normalized spacial score (nSPS) is 13.7. The molecule has 1 heterocycles. The monoisotopic (exact) mass is 450 g/mol. The molecule has 0 aliphatic carbocycles. The van der Waals surface area contributed by atoms with Crippen LogP contribution in [0.3, 0.4) is 0 Å². The van der Waals surface area contributed by atoms with Crippen LogP contribution < -0.4 is 15.0 Å². The summed E-state index contributed by atoms with van der Waals surface area (Å²) in [5, 5.41) is 3.68. The van der Waals surface area contributed by atoms with Gasteiger partial charge in [0.15, 0.2) is 0 Å². The summed E-state index contributed by atoms with van der Waals surface area (Å²) in [6, 6.07) is 21.7. The van der Waals surface area contributed by atoms with Gasteiger partial charge in [-0.15, -0.1) is 0 Å². The maximum Gasteiger partial charge on any atom is 0.283 e. The first-order valence-electron chi connectivity index (χ1n) is 9.51. The first kappa shape index (κ1) is 21.0. The van der Waals surface area contributed by atoms with Gasteiger partial charge >= 0.3 is 0 Å². The number of anilines is 2. The second-order valence-electron chi connectivity index (χ2n) is 6.85. The van der Waals surface area contributed by atoms with Crippen molar-refractivity contribution in [1.29, 1.82) is 0 Å². The van der Waals surface area contributed by atoms with Crippen LogP contribution in [0.1, 0.15) is 5.56 Å². The van der Waals surface area contributed by atoms with E-state index in [1.165, 1.54) is 16.7 Å². The minimum atomic E-state index is -0.412. The fourth-order valence-corrected chi connectivity index (χ4v) is 4.40. The van der Waals surface area contributed by atoms with Crippen molar-refractivity contribution in [1.82, 2.24) is 0 Å². The maximum atomic E-state index is 13.4. The Bertz CT molecular complexity index is 1180. The molecule has 0 atom stereocenters. The smallest absolute Gasteiger partial charge is 0.283 e. The van der Waals surface area contributed by atoms with Crippen LogP contribution >= 0.6 is 23.4 Å². The molecule has 156 valence electrons. The van der Waals surface area contributed by atoms with E-state index in [1.54, 1.807) is 49.6 Å². The van der Waals surface area contributed by atoms with Crippen molar-refractivity contribution >= 4 is 46.6 Å². The molecular weight excluding hydrogens is 432 g/mol. The van der Waals surface area contributed by atoms with Crippen molar-refractivity contribution in [2.24, 2.45) is 0 Å². The minimum Gasteiger partial charge on any atom is -0.497 e. The van der Waals surface area contributed by atoms with Crippen LogP contribution in [0.25, 0.3) is 0 Å². The van der Waals surface area contributed by atoms with Crippen molar-refractivity contribution in [3.8, 4) is 5.75 Å². The molecule has 2 amide bonds. The number of carbonyl (C=O) groups excluding carboxylic acids is 2. The minimum absolute atomic E-state index is 0.235. The summed E-state index contributed by atoms with van der Waals surface area (Å²) in [5.74, 6) is -0.0874. The quantitative estimate of drug-likeness (QED) is 0.492. The maximum absolute atomic E-state index is 13.4. The number of carbonyl (C=O) groups is 2. The van der Waals surface area contributed by atoms with Gasteiger partial charge in [-0.2, -0.15) is 0 Å². The third-order valence-corrected chi connectivity index (χ3v) is 6.09. The van der Waals surface area contributed by atoms with E-state index in [4.69, 9.17) is 16.3 Å². The highest BCUT2D eigenvalue weighted by Crippen LogP contribution is 2.39. The zero-order valence-electron chi connectivity index (χ0n) is 16.9. The third-order valence-electron chi connectivity index (χ3n) is 4.76. The Morgan fingerprint density at radius 2 is 1.65 bits per heavy atom. The van der Waals surface area contributed by atoms with Crippen LogP contribution in [0.2, 0.25) is 5.02 Å². The van der Waals surface area contributed by atoms with E-state index in [2.05, 4.69) is 5.32 Å². The van der Waals surface area contributed by atoms with Crippen LogP contribution in [-0.2, 0) is 9.59 Å². The molecule has 1 aliphatic heterocycles. The number of imide groups is 1. The Kier molecular flexibility index (Phi) is 6.02. The lowest BCUT2D eigenvalue weighted by Gasteiger charge is -2.18. The van der Waals surface area contributed by atoms with Gasteiger partial charge in [0, 0.05) is 15.6 Å². The Balaban J connectivity index is 1.74. The Labute approximate surface area is 189 Å². The number of halogens is 1. The van der Waals surface area contributed by atoms with E-state index in [9.17, 15) is 9.59 Å². The Hall–Kier alpha value is -3.22. The number of benzene rings is 3. The number of aryl methyl sites for hydroxylation is 1. The molecule has 3 aromatic rings. The molecule has 0 fully saturated rings. The highest BCUT2D eigenvalue weighted by Gasteiger charge is 2.40. The van der Waals surface area contributed by atoms with E-state index in [0.717, 1.165) is 10.5 Å². The first-order chi connectivity index (χ1) is 15.0. The van der Waals surface area contributed by atoms with Crippen LogP contribution in [0, 0.1) is 6.92 Å². The van der Waals surface area contributed by atoms with Gasteiger partial charge < -0.3 is 10.1 Å². The van der Waals surface area contributed by atoms with E-state index < -0.39 is 5.91 Å². The number of methoxy groups -OCH3 is 1. The molecule has 0 bridgehead atoms. The summed E-state index contributed by atoms with van der Waals surface area (Å²) in [4.78, 5) is 29.2. The van der Waals surface area contributed by atoms with Gasteiger partial charge in [-0.25, -0.2) is 4.90 Å². The molecule has 3 aromatic carbocycles. The molecule has 0 saturated carbocycles. The summed E-state index contributed by atoms with van der Waals surface area (Å²) < 4.78 is 5.19. The summed E-state index contributed by atoms with van der Waals surface area (Å²) in [6.07, 6.45) is 0. The third kappa shape index (κ3) is 4.31. The molecule has 0 aromatic heterocycles. The lowest BCUT2D eigenvalue weighted by Crippen LogP contribution is -2.32. The fraction of sp³-hybridized carbons (Fsp3) is 0.0833. The van der Waals surface area contributed by atoms with Crippen molar-refractivity contribution in [2.45, 2.75) is 11.8 Å². The number of hydrogen-bond donors (Lipinski definition) is 1. The highest BCUT2D eigenvalue weighted by molar-refractivity contribution is 8.04. The predicted molar refractivity (Wildman–Crippen MR) is 125 cm³/mol. The van der Waals surface area contributed by atoms with Crippen LogP contribution in [0.4, 0.5) is 11.4 Å². The van der Waals surface area contributed by atoms with E-state index in [1.807, 2.05) is 37.3 Å². The van der Waals surface area contributed by atoms with Gasteiger partial charge in [0.25, 0.3) is 11.8 Å². The molecule has 4 rings (SSSR count). The van der Waals surface area contributed by atoms with Crippen LogP contribution in [-0.4, -0.2) is 18.9 Å². The summed E-state index contributed by atoms with van der Waals surface area (Å²) >= 11 is 7.33. The van der Waals surface area contributed by atoms with E-state index in [0.29, 0.717) is 27.1 Å². The zero-order valence-corrected chi connectivity index (χ0v) is 18.5. The van der Waals surface area contributed by atoms with Crippen molar-refractivity contribution < 1.29 is 14.3 Å². The number of nitrogens with one attached hydrogen (secondary N) is 1. The van der Waals surface area contributed by atoms with Gasteiger partial charge in [-0.05, 0) is 67.1 Å². The molecule has 0 saturated heterocycles. The highest BCUT2D eigenvalue weighted by atomic mass is 35.5. The first-order valence-corrected chi connectivity index (χ1v) is 10.7. The standard InChI is InChI=1S/C24H19ClN2O3S/c1-15-14-16(25)8-13-20(15)27-23(28)21(26-17-9-11-18(30-2)12-10-17)22(24(27)29)31-19-6-4-3-5-7-19/h3-14,26H,1-2H3. The molecule has 7 heteroatoms. The number of hydrogen-bond acceptors (Lipinski definition) is 5. The number of thioether (sulfide) groups is 1. The Morgan fingerprint density at radius 1 is 0.935 bits per heavy atom. The molecule has 31 heavy (non-hydrogen) atoms. The van der Waals surface area contributed by atoms with Crippen molar-refractivity contribution in [3.63, 3.8) is 0 Å². The van der Waals surface area contributed by atoms with Crippen LogP contribution in [0.5, 0.6) is 5.75 Å². The van der Waals surface area contributed by atoms with Crippen molar-refractivity contribution in [3.05, 3.63) is 94.0 Å². The summed E-state index contributed by atoms with van der Waals surface area (Å²) in [5.41, 5.74) is 2.16. The van der Waals surface area contributed by atoms with Crippen molar-refractivity contribution in [2.75, 3.05) is 17.3 Å². The van der Waals surface area contributed by atoms with Gasteiger partial charge in [-0.3, -0.25) is 9.59 Å². The van der Waals surface area contributed by atoms with Gasteiger partial charge in [0.05, 0.1) is 12.8 Å². The second-order valence-corrected chi connectivity index (χ2v) is 8.37. The molecule has 0 radical (unpaired) electrons. The second kappa shape index (κ2) is 8.88. The summed E-state index contributed by atoms with van der Waals surface area (Å²) in [7, 11) is 1.59. The van der Waals surface area contributed by atoms with Gasteiger partial charge in [-0.1, -0.05) is 41.6 Å². The van der Waals surface area contributed by atoms with Crippen LogP contribution in [0.15, 0.2) is 88.3 Å². The van der Waals surface area contributed by atoms with Gasteiger partial charge in [0.1, 0.15) is 16.4 Å². The number of nitrogens with zero attached hydrogens (tertiary/aromatic N) is 1.